The topological polar surface area (TPSA) is 49.7 Å². The van der Waals surface area contributed by atoms with E-state index in [-0.39, 0.29) is 5.75 Å². The molecule has 0 radical (unpaired) electrons. The second-order valence-electron chi connectivity index (χ2n) is 4.82. The highest BCUT2D eigenvalue weighted by molar-refractivity contribution is 5.46. The predicted octanol–water partition coefficient (Wildman–Crippen LogP) is 2.97. The molecular formula is C16H18O3. The van der Waals surface area contributed by atoms with Crippen molar-refractivity contribution in [3.63, 3.8) is 0 Å². The second-order valence-corrected chi connectivity index (χ2v) is 4.82. The monoisotopic (exact) mass is 258 g/mol. The van der Waals surface area contributed by atoms with Crippen LogP contribution in [0.15, 0.2) is 42.5 Å². The third kappa shape index (κ3) is 2.56. The largest absolute Gasteiger partial charge is 0.508 e. The van der Waals surface area contributed by atoms with Gasteiger partial charge in [0.1, 0.15) is 17.1 Å². The van der Waals surface area contributed by atoms with Gasteiger partial charge in [-0.3, -0.25) is 0 Å². The van der Waals surface area contributed by atoms with Crippen molar-refractivity contribution in [1.29, 1.82) is 0 Å². The Morgan fingerprint density at radius 2 is 1.68 bits per heavy atom. The molecule has 0 aliphatic carbocycles. The molecule has 3 heteroatoms. The lowest BCUT2D eigenvalue weighted by Crippen LogP contribution is -2.23. The molecule has 3 nitrogen and oxygen atoms in total. The Morgan fingerprint density at radius 3 is 2.26 bits per heavy atom. The minimum absolute atomic E-state index is 0.177. The van der Waals surface area contributed by atoms with Crippen LogP contribution in [0.4, 0.5) is 0 Å². The average molecular weight is 258 g/mol. The Kier molecular flexibility index (Phi) is 3.49. The van der Waals surface area contributed by atoms with Gasteiger partial charge in [0.25, 0.3) is 0 Å². The van der Waals surface area contributed by atoms with Gasteiger partial charge in [-0.05, 0) is 43.7 Å². The summed E-state index contributed by atoms with van der Waals surface area (Å²) in [4.78, 5) is 0. The predicted molar refractivity (Wildman–Crippen MR) is 74.5 cm³/mol. The van der Waals surface area contributed by atoms with Gasteiger partial charge in [-0.25, -0.2) is 0 Å². The zero-order valence-corrected chi connectivity index (χ0v) is 11.3. The highest BCUT2D eigenvalue weighted by Crippen LogP contribution is 2.36. The number of aryl methyl sites for hydroxylation is 1. The highest BCUT2D eigenvalue weighted by atomic mass is 16.5. The summed E-state index contributed by atoms with van der Waals surface area (Å²) < 4.78 is 5.32. The number of phenols is 1. The van der Waals surface area contributed by atoms with Crippen LogP contribution in [0, 0.1) is 6.92 Å². The third-order valence-electron chi connectivity index (χ3n) is 3.31. The van der Waals surface area contributed by atoms with Gasteiger partial charge in [-0.15, -0.1) is 0 Å². The van der Waals surface area contributed by atoms with Gasteiger partial charge < -0.3 is 14.9 Å². The number of phenolic OH excluding ortho intramolecular Hbond substituents is 1. The Labute approximate surface area is 113 Å². The van der Waals surface area contributed by atoms with Crippen molar-refractivity contribution in [2.75, 3.05) is 7.11 Å². The molecule has 0 aromatic heterocycles. The molecule has 0 saturated heterocycles. The van der Waals surface area contributed by atoms with Gasteiger partial charge in [-0.2, -0.15) is 0 Å². The summed E-state index contributed by atoms with van der Waals surface area (Å²) in [6.45, 7) is 3.69. The fraction of sp³-hybridized carbons (Fsp3) is 0.250. The SMILES string of the molecule is COc1ccc(C)cc1C(C)(O)c1ccc(O)cc1. The smallest absolute Gasteiger partial charge is 0.125 e. The second kappa shape index (κ2) is 4.94. The molecule has 0 saturated carbocycles. The van der Waals surface area contributed by atoms with Crippen molar-refractivity contribution in [3.8, 4) is 11.5 Å². The van der Waals surface area contributed by atoms with Crippen LogP contribution in [0.25, 0.3) is 0 Å². The number of benzene rings is 2. The summed E-state index contributed by atoms with van der Waals surface area (Å²) in [6, 6.07) is 12.2. The summed E-state index contributed by atoms with van der Waals surface area (Å²) in [5.41, 5.74) is 1.29. The summed E-state index contributed by atoms with van der Waals surface area (Å²) in [7, 11) is 1.58. The van der Waals surface area contributed by atoms with E-state index in [9.17, 15) is 10.2 Å². The molecule has 0 bridgehead atoms. The molecule has 19 heavy (non-hydrogen) atoms. The van der Waals surface area contributed by atoms with Crippen LogP contribution in [0.5, 0.6) is 11.5 Å². The zero-order chi connectivity index (χ0) is 14.0. The molecular weight excluding hydrogens is 240 g/mol. The first-order valence-electron chi connectivity index (χ1n) is 6.12. The Hall–Kier alpha value is -2.00. The van der Waals surface area contributed by atoms with Crippen molar-refractivity contribution < 1.29 is 14.9 Å². The molecule has 2 N–H and O–H groups in total. The lowest BCUT2D eigenvalue weighted by molar-refractivity contribution is 0.0988. The number of rotatable bonds is 3. The molecule has 100 valence electrons. The molecule has 1 atom stereocenters. The molecule has 0 aliphatic rings. The highest BCUT2D eigenvalue weighted by Gasteiger charge is 2.29. The van der Waals surface area contributed by atoms with E-state index >= 15 is 0 Å². The standard InChI is InChI=1S/C16H18O3/c1-11-4-9-15(19-3)14(10-11)16(2,18)12-5-7-13(17)8-6-12/h4-10,17-18H,1-3H3. The molecule has 0 spiro atoms. The van der Waals surface area contributed by atoms with Crippen LogP contribution >= 0.6 is 0 Å². The molecule has 2 aromatic carbocycles. The number of methoxy groups -OCH3 is 1. The van der Waals surface area contributed by atoms with Crippen LogP contribution in [-0.2, 0) is 5.60 Å². The maximum absolute atomic E-state index is 10.8. The molecule has 1 unspecified atom stereocenters. The van der Waals surface area contributed by atoms with E-state index in [4.69, 9.17) is 4.74 Å². The van der Waals surface area contributed by atoms with E-state index in [0.29, 0.717) is 16.9 Å². The maximum atomic E-state index is 10.8. The van der Waals surface area contributed by atoms with Gasteiger partial charge in [0.05, 0.1) is 7.11 Å². The lowest BCUT2D eigenvalue weighted by atomic mass is 9.87. The summed E-state index contributed by atoms with van der Waals surface area (Å²) in [6.07, 6.45) is 0. The molecule has 0 aliphatic heterocycles. The van der Waals surface area contributed by atoms with Crippen molar-refractivity contribution >= 4 is 0 Å². The molecule has 0 fully saturated rings. The van der Waals surface area contributed by atoms with E-state index in [0.717, 1.165) is 5.56 Å². The number of aromatic hydroxyl groups is 1. The number of aliphatic hydroxyl groups is 1. The van der Waals surface area contributed by atoms with Crippen LogP contribution < -0.4 is 4.74 Å². The van der Waals surface area contributed by atoms with Crippen molar-refractivity contribution in [2.45, 2.75) is 19.4 Å². The summed E-state index contributed by atoms with van der Waals surface area (Å²) in [5, 5.41) is 20.2. The normalized spacial score (nSPS) is 13.9. The summed E-state index contributed by atoms with van der Waals surface area (Å²) >= 11 is 0. The molecule has 2 aromatic rings. The first kappa shape index (κ1) is 13.4. The van der Waals surface area contributed by atoms with E-state index in [1.54, 1.807) is 38.3 Å². The quantitative estimate of drug-likeness (QED) is 0.890. The van der Waals surface area contributed by atoms with E-state index < -0.39 is 5.60 Å². The van der Waals surface area contributed by atoms with E-state index in [2.05, 4.69) is 0 Å². The van der Waals surface area contributed by atoms with Gasteiger partial charge in [0.2, 0.25) is 0 Å². The lowest BCUT2D eigenvalue weighted by Gasteiger charge is -2.26. The van der Waals surface area contributed by atoms with Gasteiger partial charge >= 0.3 is 0 Å². The van der Waals surface area contributed by atoms with E-state index in [1.807, 2.05) is 25.1 Å². The van der Waals surface area contributed by atoms with Crippen LogP contribution in [0.3, 0.4) is 0 Å². The molecule has 0 amide bonds. The van der Waals surface area contributed by atoms with Crippen LogP contribution in [-0.4, -0.2) is 17.3 Å². The van der Waals surface area contributed by atoms with Crippen LogP contribution in [0.2, 0.25) is 0 Å². The Balaban J connectivity index is 2.55. The first-order valence-corrected chi connectivity index (χ1v) is 6.12. The van der Waals surface area contributed by atoms with Gasteiger partial charge in [0, 0.05) is 5.56 Å². The fourth-order valence-corrected chi connectivity index (χ4v) is 2.14. The Morgan fingerprint density at radius 1 is 1.05 bits per heavy atom. The number of hydrogen-bond acceptors (Lipinski definition) is 3. The average Bonchev–Trinajstić information content (AvgIpc) is 2.39. The third-order valence-corrected chi connectivity index (χ3v) is 3.31. The van der Waals surface area contributed by atoms with Crippen LogP contribution in [0.1, 0.15) is 23.6 Å². The summed E-state index contributed by atoms with van der Waals surface area (Å²) in [5.74, 6) is 0.819. The minimum atomic E-state index is -1.18. The van der Waals surface area contributed by atoms with Crippen molar-refractivity contribution in [1.82, 2.24) is 0 Å². The van der Waals surface area contributed by atoms with Crippen molar-refractivity contribution in [3.05, 3.63) is 59.2 Å². The van der Waals surface area contributed by atoms with Crippen molar-refractivity contribution in [2.24, 2.45) is 0 Å². The Bertz CT molecular complexity index is 571. The minimum Gasteiger partial charge on any atom is -0.508 e. The molecule has 0 heterocycles. The molecule has 2 rings (SSSR count). The maximum Gasteiger partial charge on any atom is 0.125 e. The van der Waals surface area contributed by atoms with Gasteiger partial charge in [0.15, 0.2) is 0 Å². The van der Waals surface area contributed by atoms with E-state index in [1.165, 1.54) is 0 Å². The van der Waals surface area contributed by atoms with Gasteiger partial charge in [-0.1, -0.05) is 23.8 Å². The number of hydrogen-bond donors (Lipinski definition) is 2. The first-order chi connectivity index (χ1) is 8.95. The number of ether oxygens (including phenoxy) is 1. The zero-order valence-electron chi connectivity index (χ0n) is 11.3. The fourth-order valence-electron chi connectivity index (χ4n) is 2.14.